The van der Waals surface area contributed by atoms with Crippen LogP contribution in [0.5, 0.6) is 0 Å². The smallest absolute Gasteiger partial charge is 0.255 e. The number of carbonyl (C=O) groups excluding carboxylic acids is 2. The van der Waals surface area contributed by atoms with Gasteiger partial charge in [-0.25, -0.2) is 4.98 Å². The molecule has 26 heavy (non-hydrogen) atoms. The van der Waals surface area contributed by atoms with Gasteiger partial charge in [-0.2, -0.15) is 0 Å². The first kappa shape index (κ1) is 17.9. The maximum absolute atomic E-state index is 12.6. The molecule has 1 saturated carbocycles. The van der Waals surface area contributed by atoms with E-state index in [1.165, 1.54) is 12.6 Å². The molecule has 1 aliphatic rings. The van der Waals surface area contributed by atoms with E-state index in [0.717, 1.165) is 31.2 Å². The van der Waals surface area contributed by atoms with Crippen molar-refractivity contribution in [3.05, 3.63) is 53.2 Å². The molecule has 0 radical (unpaired) electrons. The van der Waals surface area contributed by atoms with Crippen molar-refractivity contribution < 1.29 is 9.59 Å². The Hall–Kier alpha value is -2.89. The molecule has 1 fully saturated rings. The first-order chi connectivity index (χ1) is 12.5. The number of nitrogen functional groups attached to an aromatic ring is 1. The number of benzene rings is 1. The predicted octanol–water partition coefficient (Wildman–Crippen LogP) is 3.29. The van der Waals surface area contributed by atoms with E-state index < -0.39 is 0 Å². The molecule has 0 atom stereocenters. The molecule has 6 heteroatoms. The summed E-state index contributed by atoms with van der Waals surface area (Å²) in [6, 6.07) is 8.75. The van der Waals surface area contributed by atoms with Crippen LogP contribution < -0.4 is 16.4 Å². The molecule has 2 amide bonds. The van der Waals surface area contributed by atoms with Crippen molar-refractivity contribution in [3.8, 4) is 0 Å². The van der Waals surface area contributed by atoms with Crippen LogP contribution in [0.4, 0.5) is 11.5 Å². The SMILES string of the molecule is Cc1ccc(C(=O)NC2CCCCC2)cc1C(=O)Nc1ccc(N)nc1. The molecule has 1 aromatic heterocycles. The number of rotatable bonds is 4. The molecule has 0 bridgehead atoms. The number of anilines is 2. The van der Waals surface area contributed by atoms with Crippen molar-refractivity contribution >= 4 is 23.3 Å². The van der Waals surface area contributed by atoms with E-state index in [1.54, 1.807) is 30.3 Å². The Bertz CT molecular complexity index is 796. The summed E-state index contributed by atoms with van der Waals surface area (Å²) in [7, 11) is 0. The fourth-order valence-electron chi connectivity index (χ4n) is 3.20. The highest BCUT2D eigenvalue weighted by atomic mass is 16.2. The lowest BCUT2D eigenvalue weighted by molar-refractivity contribution is 0.0927. The van der Waals surface area contributed by atoms with Crippen LogP contribution in [0.1, 0.15) is 58.4 Å². The monoisotopic (exact) mass is 352 g/mol. The zero-order valence-electron chi connectivity index (χ0n) is 14.9. The van der Waals surface area contributed by atoms with Gasteiger partial charge in [0.15, 0.2) is 0 Å². The van der Waals surface area contributed by atoms with Gasteiger partial charge in [0, 0.05) is 17.2 Å². The summed E-state index contributed by atoms with van der Waals surface area (Å²) in [4.78, 5) is 29.1. The first-order valence-electron chi connectivity index (χ1n) is 8.97. The van der Waals surface area contributed by atoms with Crippen LogP contribution in [-0.4, -0.2) is 22.8 Å². The molecule has 4 N–H and O–H groups in total. The molecule has 0 spiro atoms. The third-order valence-electron chi connectivity index (χ3n) is 4.73. The Morgan fingerprint density at radius 3 is 2.54 bits per heavy atom. The largest absolute Gasteiger partial charge is 0.384 e. The van der Waals surface area contributed by atoms with Gasteiger partial charge < -0.3 is 16.4 Å². The highest BCUT2D eigenvalue weighted by Crippen LogP contribution is 2.19. The summed E-state index contributed by atoms with van der Waals surface area (Å²) >= 11 is 0. The van der Waals surface area contributed by atoms with E-state index >= 15 is 0 Å². The fourth-order valence-corrected chi connectivity index (χ4v) is 3.20. The molecule has 1 heterocycles. The van der Waals surface area contributed by atoms with Crippen molar-refractivity contribution in [1.29, 1.82) is 0 Å². The van der Waals surface area contributed by atoms with E-state index in [4.69, 9.17) is 5.73 Å². The van der Waals surface area contributed by atoms with Gasteiger partial charge in [-0.05, 0) is 49.6 Å². The lowest BCUT2D eigenvalue weighted by atomic mass is 9.95. The van der Waals surface area contributed by atoms with E-state index in [0.29, 0.717) is 22.6 Å². The minimum Gasteiger partial charge on any atom is -0.384 e. The fraction of sp³-hybridized carbons (Fsp3) is 0.350. The zero-order valence-corrected chi connectivity index (χ0v) is 14.9. The van der Waals surface area contributed by atoms with Crippen molar-refractivity contribution in [2.24, 2.45) is 0 Å². The number of nitrogens with zero attached hydrogens (tertiary/aromatic N) is 1. The third kappa shape index (κ3) is 4.39. The number of nitrogens with two attached hydrogens (primary N) is 1. The van der Waals surface area contributed by atoms with Crippen LogP contribution in [0, 0.1) is 6.92 Å². The van der Waals surface area contributed by atoms with Gasteiger partial charge in [-0.15, -0.1) is 0 Å². The quantitative estimate of drug-likeness (QED) is 0.786. The molecule has 0 saturated heterocycles. The van der Waals surface area contributed by atoms with E-state index in [2.05, 4.69) is 15.6 Å². The van der Waals surface area contributed by atoms with Crippen LogP contribution in [0.25, 0.3) is 0 Å². The van der Waals surface area contributed by atoms with Gasteiger partial charge in [0.25, 0.3) is 11.8 Å². The summed E-state index contributed by atoms with van der Waals surface area (Å²) in [5.41, 5.74) is 7.89. The Kier molecular flexibility index (Phi) is 5.51. The standard InChI is InChI=1S/C20H24N4O2/c1-13-7-8-14(19(25)23-15-5-3-2-4-6-15)11-17(13)20(26)24-16-9-10-18(21)22-12-16/h7-12,15H,2-6H2,1H3,(H2,21,22)(H,23,25)(H,24,26). The lowest BCUT2D eigenvalue weighted by Gasteiger charge is -2.23. The van der Waals surface area contributed by atoms with Gasteiger partial charge >= 0.3 is 0 Å². The van der Waals surface area contributed by atoms with E-state index in [9.17, 15) is 9.59 Å². The Balaban J connectivity index is 1.72. The van der Waals surface area contributed by atoms with Crippen LogP contribution in [0.2, 0.25) is 0 Å². The molecule has 1 aromatic carbocycles. The van der Waals surface area contributed by atoms with Gasteiger partial charge in [0.1, 0.15) is 5.82 Å². The highest BCUT2D eigenvalue weighted by Gasteiger charge is 2.18. The number of aryl methyl sites for hydroxylation is 1. The molecular formula is C20H24N4O2. The van der Waals surface area contributed by atoms with Crippen molar-refractivity contribution in [2.45, 2.75) is 45.1 Å². The Morgan fingerprint density at radius 1 is 1.08 bits per heavy atom. The number of aromatic nitrogens is 1. The van der Waals surface area contributed by atoms with Gasteiger partial charge in [0.2, 0.25) is 0 Å². The number of hydrogen-bond donors (Lipinski definition) is 3. The van der Waals surface area contributed by atoms with Gasteiger partial charge in [-0.1, -0.05) is 25.3 Å². The average Bonchev–Trinajstić information content (AvgIpc) is 2.64. The van der Waals surface area contributed by atoms with Crippen LogP contribution in [0.15, 0.2) is 36.5 Å². The lowest BCUT2D eigenvalue weighted by Crippen LogP contribution is -2.36. The summed E-state index contributed by atoms with van der Waals surface area (Å²) in [6.07, 6.45) is 7.10. The number of pyridine rings is 1. The topological polar surface area (TPSA) is 97.1 Å². The maximum atomic E-state index is 12.6. The number of nitrogens with one attached hydrogen (secondary N) is 2. The molecule has 1 aliphatic carbocycles. The van der Waals surface area contributed by atoms with E-state index in [1.807, 2.05) is 6.92 Å². The second-order valence-electron chi connectivity index (χ2n) is 6.76. The minimum absolute atomic E-state index is 0.125. The van der Waals surface area contributed by atoms with Crippen LogP contribution in [-0.2, 0) is 0 Å². The number of amides is 2. The molecule has 0 aliphatic heterocycles. The third-order valence-corrected chi connectivity index (χ3v) is 4.73. The summed E-state index contributed by atoms with van der Waals surface area (Å²) in [6.45, 7) is 1.85. The predicted molar refractivity (Wildman–Crippen MR) is 102 cm³/mol. The Morgan fingerprint density at radius 2 is 1.85 bits per heavy atom. The summed E-state index contributed by atoms with van der Waals surface area (Å²) in [5.74, 6) is -0.0120. The normalized spacial score (nSPS) is 14.7. The molecule has 0 unspecified atom stereocenters. The van der Waals surface area contributed by atoms with Crippen LogP contribution in [0.3, 0.4) is 0 Å². The van der Waals surface area contributed by atoms with Crippen molar-refractivity contribution in [2.75, 3.05) is 11.1 Å². The maximum Gasteiger partial charge on any atom is 0.255 e. The second kappa shape index (κ2) is 7.99. The molecule has 2 aromatic rings. The Labute approximate surface area is 153 Å². The molecular weight excluding hydrogens is 328 g/mol. The molecule has 3 rings (SSSR count). The molecule has 136 valence electrons. The second-order valence-corrected chi connectivity index (χ2v) is 6.76. The van der Waals surface area contributed by atoms with Crippen molar-refractivity contribution in [3.63, 3.8) is 0 Å². The zero-order chi connectivity index (χ0) is 18.5. The molecule has 6 nitrogen and oxygen atoms in total. The van der Waals surface area contributed by atoms with Gasteiger partial charge in [0.05, 0.1) is 11.9 Å². The average molecular weight is 352 g/mol. The number of hydrogen-bond acceptors (Lipinski definition) is 4. The minimum atomic E-state index is -0.276. The van der Waals surface area contributed by atoms with Crippen molar-refractivity contribution in [1.82, 2.24) is 10.3 Å². The highest BCUT2D eigenvalue weighted by molar-refractivity contribution is 6.07. The van der Waals surface area contributed by atoms with Crippen LogP contribution >= 0.6 is 0 Å². The summed E-state index contributed by atoms with van der Waals surface area (Å²) in [5, 5.41) is 5.87. The summed E-state index contributed by atoms with van der Waals surface area (Å²) < 4.78 is 0. The first-order valence-corrected chi connectivity index (χ1v) is 8.97. The van der Waals surface area contributed by atoms with Gasteiger partial charge in [-0.3, -0.25) is 9.59 Å². The number of carbonyl (C=O) groups is 2. The van der Waals surface area contributed by atoms with E-state index in [-0.39, 0.29) is 17.9 Å².